The largest absolute Gasteiger partial charge is 0.504 e. The van der Waals surface area contributed by atoms with Crippen LogP contribution in [0.5, 0.6) is 17.2 Å². The topological polar surface area (TPSA) is 85.6 Å². The molecule has 0 aliphatic rings. The van der Waals surface area contributed by atoms with Crippen LogP contribution in [0.4, 0.5) is 0 Å². The van der Waals surface area contributed by atoms with Gasteiger partial charge in [0.05, 0.1) is 49.4 Å². The number of para-hydroxylation sites is 1. The Balaban J connectivity index is 1.41. The van der Waals surface area contributed by atoms with Crippen LogP contribution in [0, 0.1) is 0 Å². The van der Waals surface area contributed by atoms with Gasteiger partial charge in [0, 0.05) is 22.9 Å². The molecular weight excluding hydrogens is 454 g/mol. The number of aromatic hydroxyl groups is 1. The molecule has 0 aliphatic carbocycles. The molecule has 36 heavy (non-hydrogen) atoms. The Labute approximate surface area is 208 Å². The maximum atomic E-state index is 12.4. The number of carbonyl (C=O) groups is 1. The molecule has 0 spiro atoms. The first-order chi connectivity index (χ1) is 17.6. The monoisotopic (exact) mass is 479 g/mol. The van der Waals surface area contributed by atoms with Crippen molar-refractivity contribution in [3.63, 3.8) is 0 Å². The van der Waals surface area contributed by atoms with Crippen LogP contribution in [0.3, 0.4) is 0 Å². The van der Waals surface area contributed by atoms with Crippen molar-refractivity contribution < 1.29 is 19.4 Å². The van der Waals surface area contributed by atoms with Crippen molar-refractivity contribution in [3.8, 4) is 22.9 Å². The summed E-state index contributed by atoms with van der Waals surface area (Å²) in [5.74, 6) is 1.04. The molecule has 0 atom stereocenters. The number of benzene rings is 3. The minimum atomic E-state index is -0.202. The van der Waals surface area contributed by atoms with E-state index in [0.29, 0.717) is 12.3 Å². The third-order valence-corrected chi connectivity index (χ3v) is 6.02. The number of phenolic OH excluding ortho intramolecular Hbond substituents is 1. The molecule has 7 heteroatoms. The van der Waals surface area contributed by atoms with Crippen LogP contribution in [-0.4, -0.2) is 34.8 Å². The van der Waals surface area contributed by atoms with Gasteiger partial charge in [0.1, 0.15) is 5.75 Å². The zero-order chi connectivity index (χ0) is 25.1. The summed E-state index contributed by atoms with van der Waals surface area (Å²) in [4.78, 5) is 17.0. The lowest BCUT2D eigenvalue weighted by Gasteiger charge is -2.10. The number of pyridine rings is 1. The highest BCUT2D eigenvalue weighted by molar-refractivity contribution is 6.09. The van der Waals surface area contributed by atoms with Gasteiger partial charge in [-0.15, -0.1) is 0 Å². The Morgan fingerprint density at radius 3 is 2.56 bits per heavy atom. The third kappa shape index (κ3) is 4.46. The molecule has 0 unspecified atom stereocenters. The van der Waals surface area contributed by atoms with Gasteiger partial charge in [0.2, 0.25) is 5.91 Å². The van der Waals surface area contributed by atoms with Gasteiger partial charge in [0.25, 0.3) is 0 Å². The molecule has 2 aromatic heterocycles. The summed E-state index contributed by atoms with van der Waals surface area (Å²) >= 11 is 0. The maximum absolute atomic E-state index is 12.4. The van der Waals surface area contributed by atoms with Crippen LogP contribution in [-0.2, 0) is 11.3 Å². The number of methoxy groups -OCH3 is 2. The number of rotatable bonds is 7. The molecule has 0 saturated heterocycles. The SMILES string of the molecule is COc1ccc(/C=C/C(=O)NCc2cc3c4ccccc4n(-c4ccc(O)c(OC)c4)c3cn2)cc1. The highest BCUT2D eigenvalue weighted by atomic mass is 16.5. The Morgan fingerprint density at radius 1 is 0.972 bits per heavy atom. The van der Waals surface area contributed by atoms with Crippen LogP contribution in [0.2, 0.25) is 0 Å². The quantitative estimate of drug-likeness (QED) is 0.312. The number of hydrogen-bond donors (Lipinski definition) is 2. The lowest BCUT2D eigenvalue weighted by Crippen LogP contribution is -2.20. The van der Waals surface area contributed by atoms with Crippen molar-refractivity contribution in [1.82, 2.24) is 14.9 Å². The molecule has 3 aromatic carbocycles. The summed E-state index contributed by atoms with van der Waals surface area (Å²) in [5, 5.41) is 15.0. The molecule has 0 saturated carbocycles. The molecule has 0 aliphatic heterocycles. The van der Waals surface area contributed by atoms with Gasteiger partial charge in [-0.25, -0.2) is 0 Å². The predicted octanol–water partition coefficient (Wildman–Crippen LogP) is 5.23. The van der Waals surface area contributed by atoms with E-state index in [1.807, 2.05) is 60.8 Å². The smallest absolute Gasteiger partial charge is 0.244 e. The van der Waals surface area contributed by atoms with E-state index in [1.165, 1.54) is 13.2 Å². The van der Waals surface area contributed by atoms with E-state index in [0.717, 1.165) is 44.5 Å². The number of fused-ring (bicyclic) bond motifs is 3. The number of nitrogens with zero attached hydrogens (tertiary/aromatic N) is 2. The van der Waals surface area contributed by atoms with Crippen molar-refractivity contribution in [2.75, 3.05) is 14.2 Å². The van der Waals surface area contributed by atoms with Gasteiger partial charge in [-0.2, -0.15) is 0 Å². The number of phenols is 1. The third-order valence-electron chi connectivity index (χ3n) is 6.02. The van der Waals surface area contributed by atoms with E-state index in [-0.39, 0.29) is 11.7 Å². The lowest BCUT2D eigenvalue weighted by molar-refractivity contribution is -0.116. The van der Waals surface area contributed by atoms with Crippen LogP contribution in [0.1, 0.15) is 11.3 Å². The van der Waals surface area contributed by atoms with Crippen molar-refractivity contribution in [2.24, 2.45) is 0 Å². The number of nitrogens with one attached hydrogen (secondary N) is 1. The number of carbonyl (C=O) groups excluding carboxylic acids is 1. The highest BCUT2D eigenvalue weighted by Crippen LogP contribution is 2.35. The summed E-state index contributed by atoms with van der Waals surface area (Å²) in [7, 11) is 3.14. The fourth-order valence-corrected chi connectivity index (χ4v) is 4.22. The van der Waals surface area contributed by atoms with Crippen molar-refractivity contribution in [2.45, 2.75) is 6.54 Å². The van der Waals surface area contributed by atoms with Gasteiger partial charge >= 0.3 is 0 Å². The summed E-state index contributed by atoms with van der Waals surface area (Å²) < 4.78 is 12.5. The van der Waals surface area contributed by atoms with E-state index in [1.54, 1.807) is 25.3 Å². The molecule has 5 rings (SSSR count). The minimum absolute atomic E-state index is 0.0826. The molecule has 1 amide bonds. The second-order valence-corrected chi connectivity index (χ2v) is 8.23. The molecule has 7 nitrogen and oxygen atoms in total. The van der Waals surface area contributed by atoms with Gasteiger partial charge < -0.3 is 24.5 Å². The zero-order valence-electron chi connectivity index (χ0n) is 19.9. The van der Waals surface area contributed by atoms with E-state index in [2.05, 4.69) is 20.9 Å². The predicted molar refractivity (Wildman–Crippen MR) is 141 cm³/mol. The fourth-order valence-electron chi connectivity index (χ4n) is 4.22. The molecular formula is C29H25N3O4. The first kappa shape index (κ1) is 23.0. The summed E-state index contributed by atoms with van der Waals surface area (Å²) in [5.41, 5.74) is 4.43. The Hall–Kier alpha value is -4.78. The number of ether oxygens (including phenoxy) is 2. The van der Waals surface area contributed by atoms with E-state index >= 15 is 0 Å². The van der Waals surface area contributed by atoms with Crippen LogP contribution in [0.15, 0.2) is 85.1 Å². The molecule has 180 valence electrons. The second-order valence-electron chi connectivity index (χ2n) is 8.23. The van der Waals surface area contributed by atoms with Gasteiger partial charge in [-0.05, 0) is 48.0 Å². The first-order valence-corrected chi connectivity index (χ1v) is 11.4. The van der Waals surface area contributed by atoms with Crippen LogP contribution < -0.4 is 14.8 Å². The molecule has 0 bridgehead atoms. The van der Waals surface area contributed by atoms with Gasteiger partial charge in [0.15, 0.2) is 11.5 Å². The molecule has 0 fully saturated rings. The van der Waals surface area contributed by atoms with Crippen LogP contribution >= 0.6 is 0 Å². The molecule has 2 N–H and O–H groups in total. The lowest BCUT2D eigenvalue weighted by atomic mass is 10.1. The summed E-state index contributed by atoms with van der Waals surface area (Å²) in [6, 6.07) is 22.8. The van der Waals surface area contributed by atoms with Gasteiger partial charge in [-0.1, -0.05) is 30.3 Å². The van der Waals surface area contributed by atoms with Crippen molar-refractivity contribution >= 4 is 33.8 Å². The Bertz CT molecular complexity index is 1590. The normalized spacial score (nSPS) is 11.3. The first-order valence-electron chi connectivity index (χ1n) is 11.4. The second kappa shape index (κ2) is 9.84. The summed E-state index contributed by atoms with van der Waals surface area (Å²) in [6.07, 6.45) is 5.07. The molecule has 5 aromatic rings. The van der Waals surface area contributed by atoms with Gasteiger partial charge in [-0.3, -0.25) is 9.78 Å². The Kier molecular flexibility index (Phi) is 6.28. The van der Waals surface area contributed by atoms with Crippen LogP contribution in [0.25, 0.3) is 33.6 Å². The van der Waals surface area contributed by atoms with Crippen molar-refractivity contribution in [1.29, 1.82) is 0 Å². The number of hydrogen-bond acceptors (Lipinski definition) is 5. The Morgan fingerprint density at radius 2 is 1.78 bits per heavy atom. The standard InChI is InChI=1S/C29H25N3O4/c1-35-22-11-7-19(8-12-22)9-14-29(34)31-17-20-15-24-23-5-3-4-6-25(23)32(26(24)18-30-20)21-10-13-27(33)28(16-21)36-2/h3-16,18,33H,17H2,1-2H3,(H,31,34)/b14-9+. The number of aromatic nitrogens is 2. The van der Waals surface area contributed by atoms with E-state index in [9.17, 15) is 9.90 Å². The van der Waals surface area contributed by atoms with E-state index in [4.69, 9.17) is 9.47 Å². The zero-order valence-corrected chi connectivity index (χ0v) is 19.9. The number of amides is 1. The average molecular weight is 480 g/mol. The van der Waals surface area contributed by atoms with Crippen molar-refractivity contribution in [3.05, 3.63) is 96.3 Å². The summed E-state index contributed by atoms with van der Waals surface area (Å²) in [6.45, 7) is 0.300. The van der Waals surface area contributed by atoms with E-state index < -0.39 is 0 Å². The minimum Gasteiger partial charge on any atom is -0.504 e. The fraction of sp³-hybridized carbons (Fsp3) is 0.103. The average Bonchev–Trinajstić information content (AvgIpc) is 3.25. The maximum Gasteiger partial charge on any atom is 0.244 e. The molecule has 0 radical (unpaired) electrons. The molecule has 2 heterocycles. The highest BCUT2D eigenvalue weighted by Gasteiger charge is 2.15.